The van der Waals surface area contributed by atoms with E-state index in [9.17, 15) is 18.0 Å². The van der Waals surface area contributed by atoms with Crippen LogP contribution in [-0.4, -0.2) is 31.2 Å². The van der Waals surface area contributed by atoms with E-state index in [0.29, 0.717) is 0 Å². The normalized spacial score (nSPS) is 13.0. The lowest BCUT2D eigenvalue weighted by atomic mass is 10.1. The number of halogens is 3. The molecule has 0 aliphatic carbocycles. The zero-order valence-electron chi connectivity index (χ0n) is 11.3. The first-order chi connectivity index (χ1) is 9.37. The fourth-order valence-corrected chi connectivity index (χ4v) is 1.66. The Kier molecular flexibility index (Phi) is 6.51. The second-order valence-electron chi connectivity index (χ2n) is 4.70. The summed E-state index contributed by atoms with van der Waals surface area (Å²) < 4.78 is 35.7. The van der Waals surface area contributed by atoms with Crippen molar-refractivity contribution in [3.63, 3.8) is 0 Å². The largest absolute Gasteiger partial charge is 0.405 e. The van der Waals surface area contributed by atoms with Crippen molar-refractivity contribution in [1.29, 1.82) is 0 Å². The first kappa shape index (κ1) is 16.5. The molecule has 1 rings (SSSR count). The van der Waals surface area contributed by atoms with Gasteiger partial charge in [-0.15, -0.1) is 0 Å². The lowest BCUT2D eigenvalue weighted by Gasteiger charge is -2.14. The first-order valence-corrected chi connectivity index (χ1v) is 6.47. The van der Waals surface area contributed by atoms with Gasteiger partial charge in [0.25, 0.3) is 0 Å². The highest BCUT2D eigenvalue weighted by molar-refractivity contribution is 5.78. The third-order valence-corrected chi connectivity index (χ3v) is 2.81. The number of amides is 1. The van der Waals surface area contributed by atoms with Gasteiger partial charge < -0.3 is 10.6 Å². The lowest BCUT2D eigenvalue weighted by Crippen LogP contribution is -2.41. The molecule has 112 valence electrons. The molecule has 0 saturated carbocycles. The van der Waals surface area contributed by atoms with Crippen molar-refractivity contribution in [2.75, 3.05) is 13.1 Å². The van der Waals surface area contributed by atoms with Gasteiger partial charge >= 0.3 is 6.18 Å². The summed E-state index contributed by atoms with van der Waals surface area (Å²) in [6.07, 6.45) is -2.69. The average molecular weight is 288 g/mol. The molecular weight excluding hydrogens is 269 g/mol. The molecule has 1 aromatic carbocycles. The van der Waals surface area contributed by atoms with Crippen molar-refractivity contribution in [2.24, 2.45) is 0 Å². The summed E-state index contributed by atoms with van der Waals surface area (Å²) in [5, 5.41) is 4.73. The molecule has 1 amide bonds. The maximum atomic E-state index is 11.9. The van der Waals surface area contributed by atoms with Gasteiger partial charge in [0, 0.05) is 6.04 Å². The number of alkyl halides is 3. The minimum absolute atomic E-state index is 0.0619. The van der Waals surface area contributed by atoms with E-state index in [4.69, 9.17) is 0 Å². The van der Waals surface area contributed by atoms with Gasteiger partial charge in [0.05, 0.1) is 6.54 Å². The first-order valence-electron chi connectivity index (χ1n) is 6.47. The molecule has 1 atom stereocenters. The third-order valence-electron chi connectivity index (χ3n) is 2.81. The molecule has 20 heavy (non-hydrogen) atoms. The summed E-state index contributed by atoms with van der Waals surface area (Å²) >= 11 is 0. The van der Waals surface area contributed by atoms with E-state index >= 15 is 0 Å². The fourth-order valence-electron chi connectivity index (χ4n) is 1.66. The van der Waals surface area contributed by atoms with Crippen LogP contribution in [0, 0.1) is 0 Å². The van der Waals surface area contributed by atoms with Gasteiger partial charge in [-0.1, -0.05) is 30.3 Å². The Bertz CT molecular complexity index is 407. The second-order valence-corrected chi connectivity index (χ2v) is 4.70. The predicted octanol–water partition coefficient (Wildman–Crippen LogP) is 2.28. The molecule has 0 bridgehead atoms. The van der Waals surface area contributed by atoms with Gasteiger partial charge in [-0.3, -0.25) is 4.79 Å². The van der Waals surface area contributed by atoms with Crippen LogP contribution in [0.25, 0.3) is 0 Å². The van der Waals surface area contributed by atoms with Crippen molar-refractivity contribution in [3.8, 4) is 0 Å². The van der Waals surface area contributed by atoms with Crippen LogP contribution >= 0.6 is 0 Å². The number of aryl methyl sites for hydroxylation is 1. The minimum atomic E-state index is -4.37. The molecule has 2 N–H and O–H groups in total. The molecule has 0 fully saturated rings. The van der Waals surface area contributed by atoms with Gasteiger partial charge in [0.2, 0.25) is 5.91 Å². The topological polar surface area (TPSA) is 41.1 Å². The van der Waals surface area contributed by atoms with Crippen molar-refractivity contribution in [2.45, 2.75) is 32.0 Å². The van der Waals surface area contributed by atoms with E-state index in [1.807, 2.05) is 42.6 Å². The Morgan fingerprint density at radius 2 is 1.90 bits per heavy atom. The smallest absolute Gasteiger partial charge is 0.346 e. The fraction of sp³-hybridized carbons (Fsp3) is 0.500. The van der Waals surface area contributed by atoms with Crippen LogP contribution in [0.2, 0.25) is 0 Å². The maximum Gasteiger partial charge on any atom is 0.405 e. The number of hydrogen-bond donors (Lipinski definition) is 2. The Balaban J connectivity index is 2.16. The Hall–Kier alpha value is -1.56. The van der Waals surface area contributed by atoms with E-state index in [0.717, 1.165) is 12.8 Å². The van der Waals surface area contributed by atoms with E-state index in [1.54, 1.807) is 0 Å². The third kappa shape index (κ3) is 7.78. The zero-order valence-corrected chi connectivity index (χ0v) is 11.3. The summed E-state index contributed by atoms with van der Waals surface area (Å²) in [7, 11) is 0. The summed E-state index contributed by atoms with van der Waals surface area (Å²) in [5.74, 6) is -0.645. The number of rotatable bonds is 7. The summed E-state index contributed by atoms with van der Waals surface area (Å²) in [4.78, 5) is 11.2. The zero-order chi connectivity index (χ0) is 15.0. The van der Waals surface area contributed by atoms with Gasteiger partial charge in [0.15, 0.2) is 0 Å². The molecule has 0 heterocycles. The summed E-state index contributed by atoms with van der Waals surface area (Å²) in [6, 6.07) is 9.95. The van der Waals surface area contributed by atoms with Gasteiger partial charge in [-0.25, -0.2) is 0 Å². The summed E-state index contributed by atoms with van der Waals surface area (Å²) in [5.41, 5.74) is 1.20. The number of nitrogens with one attached hydrogen (secondary N) is 2. The van der Waals surface area contributed by atoms with Crippen molar-refractivity contribution < 1.29 is 18.0 Å². The van der Waals surface area contributed by atoms with Crippen LogP contribution < -0.4 is 10.6 Å². The van der Waals surface area contributed by atoms with E-state index in [2.05, 4.69) is 5.32 Å². The monoisotopic (exact) mass is 288 g/mol. The second kappa shape index (κ2) is 7.89. The van der Waals surface area contributed by atoms with E-state index in [1.165, 1.54) is 5.56 Å². The molecule has 0 saturated heterocycles. The molecule has 0 aromatic heterocycles. The standard InChI is InChI=1S/C14H19F3N2O/c1-11(7-8-12-5-3-2-4-6-12)18-9-13(20)19-10-14(15,16)17/h2-6,11,18H,7-10H2,1H3,(H,19,20)/t11-/m1/s1. The van der Waals surface area contributed by atoms with E-state index < -0.39 is 18.6 Å². The molecule has 0 aliphatic heterocycles. The molecule has 0 spiro atoms. The molecule has 0 aliphatic rings. The SMILES string of the molecule is C[C@H](CCc1ccccc1)NCC(=O)NCC(F)(F)F. The number of benzene rings is 1. The highest BCUT2D eigenvalue weighted by Crippen LogP contribution is 2.11. The molecule has 0 unspecified atom stereocenters. The Morgan fingerprint density at radius 3 is 2.50 bits per heavy atom. The number of hydrogen-bond acceptors (Lipinski definition) is 2. The number of carbonyl (C=O) groups excluding carboxylic acids is 1. The van der Waals surface area contributed by atoms with Crippen molar-refractivity contribution >= 4 is 5.91 Å². The molecular formula is C14H19F3N2O. The van der Waals surface area contributed by atoms with Crippen LogP contribution in [0.3, 0.4) is 0 Å². The molecule has 3 nitrogen and oxygen atoms in total. The van der Waals surface area contributed by atoms with Gasteiger partial charge in [-0.05, 0) is 25.3 Å². The van der Waals surface area contributed by atoms with Crippen molar-refractivity contribution in [1.82, 2.24) is 10.6 Å². The highest BCUT2D eigenvalue weighted by atomic mass is 19.4. The quantitative estimate of drug-likeness (QED) is 0.808. The average Bonchev–Trinajstić information content (AvgIpc) is 2.41. The van der Waals surface area contributed by atoms with E-state index in [-0.39, 0.29) is 12.6 Å². The predicted molar refractivity (Wildman–Crippen MR) is 71.3 cm³/mol. The highest BCUT2D eigenvalue weighted by Gasteiger charge is 2.27. The minimum Gasteiger partial charge on any atom is -0.346 e. The van der Waals surface area contributed by atoms with Crippen LogP contribution in [0.5, 0.6) is 0 Å². The van der Waals surface area contributed by atoms with Gasteiger partial charge in [0.1, 0.15) is 6.54 Å². The Morgan fingerprint density at radius 1 is 1.25 bits per heavy atom. The molecule has 0 radical (unpaired) electrons. The van der Waals surface area contributed by atoms with Crippen LogP contribution in [0.1, 0.15) is 18.9 Å². The van der Waals surface area contributed by atoms with Gasteiger partial charge in [-0.2, -0.15) is 13.2 Å². The summed E-state index contributed by atoms with van der Waals surface area (Å²) in [6.45, 7) is 0.512. The maximum absolute atomic E-state index is 11.9. The van der Waals surface area contributed by atoms with Crippen molar-refractivity contribution in [3.05, 3.63) is 35.9 Å². The Labute approximate surface area is 116 Å². The van der Waals surface area contributed by atoms with Crippen LogP contribution in [0.4, 0.5) is 13.2 Å². The van der Waals surface area contributed by atoms with Crippen LogP contribution in [-0.2, 0) is 11.2 Å². The van der Waals surface area contributed by atoms with Crippen LogP contribution in [0.15, 0.2) is 30.3 Å². The molecule has 6 heteroatoms. The molecule has 1 aromatic rings. The lowest BCUT2D eigenvalue weighted by molar-refractivity contribution is -0.137. The number of carbonyl (C=O) groups is 1.